The van der Waals surface area contributed by atoms with Crippen molar-refractivity contribution >= 4 is 35.2 Å². The molecule has 6 rings (SSSR count). The summed E-state index contributed by atoms with van der Waals surface area (Å²) >= 11 is 0. The van der Waals surface area contributed by atoms with Crippen molar-refractivity contribution in [1.29, 1.82) is 0 Å². The molecule has 0 aliphatic carbocycles. The largest absolute Gasteiger partial charge is 0.501 e. The number of pyridine rings is 2. The number of aromatic nitrogens is 2. The van der Waals surface area contributed by atoms with Crippen LogP contribution in [-0.2, 0) is 25.5 Å². The Morgan fingerprint density at radius 1 is 0.775 bits per heavy atom. The first kappa shape index (κ1) is 29.6. The molecule has 3 aromatic carbocycles. The number of benzene rings is 3. The average Bonchev–Trinajstić information content (AvgIpc) is 3.33. The molecule has 5 heteroatoms. The van der Waals surface area contributed by atoms with Gasteiger partial charge < -0.3 is 14.4 Å². The predicted molar refractivity (Wildman–Crippen MR) is 166 cm³/mol. The van der Waals surface area contributed by atoms with Crippen LogP contribution in [0.2, 0.25) is 19.6 Å². The van der Waals surface area contributed by atoms with E-state index in [9.17, 15) is 0 Å². The van der Waals surface area contributed by atoms with Gasteiger partial charge in [0, 0.05) is 46.0 Å². The van der Waals surface area contributed by atoms with Crippen LogP contribution in [0, 0.1) is 12.1 Å². The zero-order chi connectivity index (χ0) is 27.6. The van der Waals surface area contributed by atoms with E-state index in [1.807, 2.05) is 60.8 Å². The van der Waals surface area contributed by atoms with E-state index in [1.165, 1.54) is 21.5 Å². The quantitative estimate of drug-likeness (QED) is 0.136. The van der Waals surface area contributed by atoms with Crippen molar-refractivity contribution in [3.63, 3.8) is 0 Å². The Labute approximate surface area is 252 Å². The summed E-state index contributed by atoms with van der Waals surface area (Å²) < 4.78 is 6.35. The van der Waals surface area contributed by atoms with Crippen molar-refractivity contribution in [3.8, 4) is 22.5 Å². The molecular formula is C35H34IrN2OSi-2. The smallest absolute Gasteiger partial charge is 0.120 e. The van der Waals surface area contributed by atoms with E-state index in [2.05, 4.69) is 92.8 Å². The van der Waals surface area contributed by atoms with Crippen molar-refractivity contribution < 1.29 is 24.5 Å². The SMILES string of the molecule is CC(C)(C)c1ccnc(-c2[c-]cc([Si](C)(C)C)c3c2oc2ccccc23)c1.[Ir].[c-]1ccccc1-c1ccccn1. The van der Waals surface area contributed by atoms with Crippen LogP contribution in [0.15, 0.2) is 102 Å². The second kappa shape index (κ2) is 12.0. The van der Waals surface area contributed by atoms with Crippen LogP contribution in [0.5, 0.6) is 0 Å². The molecule has 0 aliphatic heterocycles. The molecule has 6 aromatic rings. The first-order chi connectivity index (χ1) is 18.6. The van der Waals surface area contributed by atoms with Gasteiger partial charge in [0.2, 0.25) is 0 Å². The molecule has 1 radical (unpaired) electrons. The molecule has 3 nitrogen and oxygen atoms in total. The molecule has 3 aromatic heterocycles. The van der Waals surface area contributed by atoms with Crippen molar-refractivity contribution in [3.05, 3.63) is 115 Å². The zero-order valence-corrected chi connectivity index (χ0v) is 27.3. The Bertz CT molecular complexity index is 1680. The van der Waals surface area contributed by atoms with Crippen LogP contribution >= 0.6 is 0 Å². The van der Waals surface area contributed by atoms with E-state index >= 15 is 0 Å². The van der Waals surface area contributed by atoms with E-state index in [-0.39, 0.29) is 25.5 Å². The molecule has 0 saturated heterocycles. The fourth-order valence-electron chi connectivity index (χ4n) is 4.66. The summed E-state index contributed by atoms with van der Waals surface area (Å²) in [6.07, 6.45) is 3.68. The van der Waals surface area contributed by atoms with Crippen LogP contribution in [-0.4, -0.2) is 18.0 Å². The molecule has 0 fully saturated rings. The molecule has 0 aliphatic rings. The second-order valence-electron chi connectivity index (χ2n) is 11.8. The van der Waals surface area contributed by atoms with Gasteiger partial charge in [-0.3, -0.25) is 0 Å². The number of fused-ring (bicyclic) bond motifs is 3. The topological polar surface area (TPSA) is 38.9 Å². The Balaban J connectivity index is 0.000000238. The molecular weight excluding hydrogens is 685 g/mol. The third-order valence-electron chi connectivity index (χ3n) is 6.79. The van der Waals surface area contributed by atoms with Crippen molar-refractivity contribution in [2.24, 2.45) is 0 Å². The Morgan fingerprint density at radius 2 is 1.50 bits per heavy atom. The Kier molecular flexibility index (Phi) is 8.89. The molecule has 205 valence electrons. The standard InChI is InChI=1S/C24H26NOSi.C11H8N.Ir/c1-24(2,3)16-13-14-25-19(15-16)17-11-12-21(27(4,5)6)22-18-9-7-8-10-20(18)26-23(17)22;1-2-6-10(7-3-1)11-8-4-5-9-12-11;/h7-10,12-15H,1-6H3;1-6,8-9H;/q2*-1;. The molecule has 0 atom stereocenters. The fraction of sp³-hybridized carbons (Fsp3) is 0.200. The van der Waals surface area contributed by atoms with E-state index in [0.717, 1.165) is 33.7 Å². The summed E-state index contributed by atoms with van der Waals surface area (Å²) in [6.45, 7) is 13.8. The minimum atomic E-state index is -1.56. The van der Waals surface area contributed by atoms with Gasteiger partial charge in [-0.05, 0) is 40.6 Å². The van der Waals surface area contributed by atoms with E-state index in [4.69, 9.17) is 4.42 Å². The second-order valence-corrected chi connectivity index (χ2v) is 16.8. The minimum Gasteiger partial charge on any atom is -0.501 e. The first-order valence-electron chi connectivity index (χ1n) is 13.3. The molecule has 0 unspecified atom stereocenters. The number of para-hydroxylation sites is 1. The molecule has 0 spiro atoms. The van der Waals surface area contributed by atoms with Gasteiger partial charge in [0.25, 0.3) is 0 Å². The maximum atomic E-state index is 6.35. The summed E-state index contributed by atoms with van der Waals surface area (Å²) in [4.78, 5) is 8.87. The van der Waals surface area contributed by atoms with Gasteiger partial charge in [0.15, 0.2) is 0 Å². The predicted octanol–water partition coefficient (Wildman–Crippen LogP) is 8.84. The maximum Gasteiger partial charge on any atom is 0.120 e. The molecule has 0 bridgehead atoms. The third kappa shape index (κ3) is 6.33. The van der Waals surface area contributed by atoms with Gasteiger partial charge in [0.1, 0.15) is 5.58 Å². The molecule has 40 heavy (non-hydrogen) atoms. The van der Waals surface area contributed by atoms with Crippen LogP contribution in [0.3, 0.4) is 0 Å². The fourth-order valence-corrected chi connectivity index (χ4v) is 6.16. The monoisotopic (exact) mass is 719 g/mol. The van der Waals surface area contributed by atoms with Gasteiger partial charge in [-0.2, -0.15) is 0 Å². The number of nitrogens with zero attached hydrogens (tertiary/aromatic N) is 2. The van der Waals surface area contributed by atoms with Gasteiger partial charge in [-0.15, -0.1) is 53.2 Å². The van der Waals surface area contributed by atoms with Crippen molar-refractivity contribution in [1.82, 2.24) is 9.97 Å². The average molecular weight is 719 g/mol. The normalized spacial score (nSPS) is 11.6. The minimum absolute atomic E-state index is 0. The maximum absolute atomic E-state index is 6.35. The van der Waals surface area contributed by atoms with Gasteiger partial charge >= 0.3 is 0 Å². The number of hydrogen-bond donors (Lipinski definition) is 0. The molecule has 0 saturated carbocycles. The summed E-state index contributed by atoms with van der Waals surface area (Å²) in [5.41, 5.74) is 7.07. The summed E-state index contributed by atoms with van der Waals surface area (Å²) in [6, 6.07) is 35.1. The van der Waals surface area contributed by atoms with Crippen LogP contribution < -0.4 is 5.19 Å². The van der Waals surface area contributed by atoms with Crippen LogP contribution in [0.25, 0.3) is 44.5 Å². The molecule has 0 N–H and O–H groups in total. The van der Waals surface area contributed by atoms with E-state index in [0.29, 0.717) is 0 Å². The Morgan fingerprint density at radius 3 is 2.17 bits per heavy atom. The summed E-state index contributed by atoms with van der Waals surface area (Å²) in [5.74, 6) is 0. The van der Waals surface area contributed by atoms with Crippen LogP contribution in [0.1, 0.15) is 26.3 Å². The van der Waals surface area contributed by atoms with E-state index < -0.39 is 8.07 Å². The van der Waals surface area contributed by atoms with Gasteiger partial charge in [-0.25, -0.2) is 0 Å². The van der Waals surface area contributed by atoms with Crippen LogP contribution in [0.4, 0.5) is 0 Å². The number of rotatable bonds is 3. The zero-order valence-electron chi connectivity index (χ0n) is 23.9. The van der Waals surface area contributed by atoms with Gasteiger partial charge in [0.05, 0.1) is 5.58 Å². The molecule has 0 amide bonds. The summed E-state index contributed by atoms with van der Waals surface area (Å²) in [7, 11) is -1.56. The number of furan rings is 1. The third-order valence-corrected chi connectivity index (χ3v) is 8.80. The van der Waals surface area contributed by atoms with Gasteiger partial charge in [-0.1, -0.05) is 87.8 Å². The summed E-state index contributed by atoms with van der Waals surface area (Å²) in [5, 5.41) is 3.81. The van der Waals surface area contributed by atoms with Crippen molar-refractivity contribution in [2.45, 2.75) is 45.8 Å². The molecule has 3 heterocycles. The van der Waals surface area contributed by atoms with E-state index in [1.54, 1.807) is 6.20 Å². The first-order valence-corrected chi connectivity index (χ1v) is 16.8. The Hall–Kier alpha value is -3.37. The van der Waals surface area contributed by atoms with Crippen molar-refractivity contribution in [2.75, 3.05) is 0 Å². The number of hydrogen-bond acceptors (Lipinski definition) is 3.